The summed E-state index contributed by atoms with van der Waals surface area (Å²) in [5, 5.41) is 7.20. The Bertz CT molecular complexity index is 718. The van der Waals surface area contributed by atoms with Gasteiger partial charge in [0.1, 0.15) is 0 Å². The fourth-order valence-electron chi connectivity index (χ4n) is 2.04. The highest BCUT2D eigenvalue weighted by atomic mass is 32.1. The first-order chi connectivity index (χ1) is 9.75. The molecule has 1 amide bonds. The number of nitrogens with zero attached hydrogens (tertiary/aromatic N) is 1. The zero-order valence-electron chi connectivity index (χ0n) is 10.8. The molecular formula is C15H12N2OS2. The number of hydrogen-bond donors (Lipinski definition) is 1. The largest absolute Gasteiger partial charge is 0.298 e. The number of carbonyl (C=O) groups excluding carboxylic acids is 1. The van der Waals surface area contributed by atoms with E-state index in [1.165, 1.54) is 11.3 Å². The first-order valence-corrected chi connectivity index (χ1v) is 7.86. The molecule has 5 heteroatoms. The first-order valence-electron chi connectivity index (χ1n) is 6.10. The average molecular weight is 300 g/mol. The van der Waals surface area contributed by atoms with Crippen LogP contribution in [0.1, 0.15) is 15.2 Å². The molecule has 2 aromatic heterocycles. The summed E-state index contributed by atoms with van der Waals surface area (Å²) in [5.41, 5.74) is 2.77. The standard InChI is InChI=1S/C15H12N2OS2/c1-10-13(11-5-3-2-4-6-11)12(9-20-10)14(18)17-15-16-7-8-19-15/h2-9H,1H3,(H,16,17,18). The molecule has 2 heterocycles. The highest BCUT2D eigenvalue weighted by Gasteiger charge is 2.17. The van der Waals surface area contributed by atoms with Crippen LogP contribution in [0.3, 0.4) is 0 Å². The summed E-state index contributed by atoms with van der Waals surface area (Å²) in [6.07, 6.45) is 1.68. The average Bonchev–Trinajstić information content (AvgIpc) is 3.09. The minimum absolute atomic E-state index is 0.108. The second-order valence-corrected chi connectivity index (χ2v) is 6.22. The predicted molar refractivity (Wildman–Crippen MR) is 84.6 cm³/mol. The van der Waals surface area contributed by atoms with E-state index in [0.29, 0.717) is 10.7 Å². The molecule has 0 saturated carbocycles. The van der Waals surface area contributed by atoms with Crippen molar-refractivity contribution in [1.29, 1.82) is 0 Å². The van der Waals surface area contributed by atoms with Crippen LogP contribution in [0.4, 0.5) is 5.13 Å². The quantitative estimate of drug-likeness (QED) is 0.777. The summed E-state index contributed by atoms with van der Waals surface area (Å²) >= 11 is 3.00. The van der Waals surface area contributed by atoms with E-state index in [9.17, 15) is 4.79 Å². The highest BCUT2D eigenvalue weighted by Crippen LogP contribution is 2.32. The lowest BCUT2D eigenvalue weighted by Gasteiger charge is -2.06. The van der Waals surface area contributed by atoms with Gasteiger partial charge in [-0.15, -0.1) is 22.7 Å². The smallest absolute Gasteiger partial charge is 0.258 e. The molecule has 0 unspecified atom stereocenters. The predicted octanol–water partition coefficient (Wildman–Crippen LogP) is 4.43. The van der Waals surface area contributed by atoms with Crippen molar-refractivity contribution in [1.82, 2.24) is 4.98 Å². The Morgan fingerprint density at radius 3 is 2.70 bits per heavy atom. The van der Waals surface area contributed by atoms with Crippen molar-refractivity contribution in [3.05, 3.63) is 57.7 Å². The van der Waals surface area contributed by atoms with E-state index in [0.717, 1.165) is 16.0 Å². The lowest BCUT2D eigenvalue weighted by atomic mass is 10.0. The van der Waals surface area contributed by atoms with Crippen molar-refractivity contribution in [3.63, 3.8) is 0 Å². The van der Waals surface area contributed by atoms with Crippen LogP contribution in [-0.2, 0) is 0 Å². The molecule has 3 nitrogen and oxygen atoms in total. The Labute approximate surface area is 124 Å². The maximum absolute atomic E-state index is 12.4. The Kier molecular flexibility index (Phi) is 3.62. The summed E-state index contributed by atoms with van der Waals surface area (Å²) in [6.45, 7) is 2.03. The Hall–Kier alpha value is -1.98. The Balaban J connectivity index is 1.97. The van der Waals surface area contributed by atoms with E-state index >= 15 is 0 Å². The molecule has 1 aromatic carbocycles. The van der Waals surface area contributed by atoms with Gasteiger partial charge >= 0.3 is 0 Å². The molecular weight excluding hydrogens is 288 g/mol. The number of benzene rings is 1. The van der Waals surface area contributed by atoms with Gasteiger partial charge in [0, 0.05) is 27.4 Å². The van der Waals surface area contributed by atoms with Crippen molar-refractivity contribution in [2.75, 3.05) is 5.32 Å². The summed E-state index contributed by atoms with van der Waals surface area (Å²) in [4.78, 5) is 17.6. The van der Waals surface area contributed by atoms with Gasteiger partial charge in [-0.05, 0) is 12.5 Å². The lowest BCUT2D eigenvalue weighted by molar-refractivity contribution is 0.102. The SMILES string of the molecule is Cc1scc(C(=O)Nc2nccs2)c1-c1ccccc1. The van der Waals surface area contributed by atoms with Crippen molar-refractivity contribution in [2.45, 2.75) is 6.92 Å². The number of nitrogens with one attached hydrogen (secondary N) is 1. The van der Waals surface area contributed by atoms with Gasteiger partial charge in [0.2, 0.25) is 0 Å². The van der Waals surface area contributed by atoms with E-state index in [1.807, 2.05) is 48.0 Å². The molecule has 3 rings (SSSR count). The number of rotatable bonds is 3. The topological polar surface area (TPSA) is 42.0 Å². The van der Waals surface area contributed by atoms with E-state index in [-0.39, 0.29) is 5.91 Å². The normalized spacial score (nSPS) is 10.4. The third-order valence-electron chi connectivity index (χ3n) is 2.93. The van der Waals surface area contributed by atoms with Gasteiger partial charge in [0.15, 0.2) is 5.13 Å². The molecule has 0 fully saturated rings. The third kappa shape index (κ3) is 2.50. The molecule has 0 aliphatic carbocycles. The Morgan fingerprint density at radius 1 is 1.20 bits per heavy atom. The van der Waals surface area contributed by atoms with Gasteiger partial charge in [-0.1, -0.05) is 30.3 Å². The number of thiazole rings is 1. The molecule has 0 atom stereocenters. The molecule has 20 heavy (non-hydrogen) atoms. The van der Waals surface area contributed by atoms with Crippen LogP contribution < -0.4 is 5.32 Å². The van der Waals surface area contributed by atoms with Crippen LogP contribution in [0.2, 0.25) is 0 Å². The minimum atomic E-state index is -0.108. The summed E-state index contributed by atoms with van der Waals surface area (Å²) in [6, 6.07) is 9.98. The molecule has 0 saturated heterocycles. The van der Waals surface area contributed by atoms with E-state index in [2.05, 4.69) is 10.3 Å². The van der Waals surface area contributed by atoms with E-state index in [1.54, 1.807) is 17.5 Å². The van der Waals surface area contributed by atoms with Gasteiger partial charge in [0.25, 0.3) is 5.91 Å². The number of aryl methyl sites for hydroxylation is 1. The van der Waals surface area contributed by atoms with E-state index in [4.69, 9.17) is 0 Å². The maximum Gasteiger partial charge on any atom is 0.258 e. The van der Waals surface area contributed by atoms with Crippen LogP contribution in [0.5, 0.6) is 0 Å². The summed E-state index contributed by atoms with van der Waals surface area (Å²) in [5.74, 6) is -0.108. The second kappa shape index (κ2) is 5.56. The molecule has 0 bridgehead atoms. The molecule has 0 spiro atoms. The molecule has 1 N–H and O–H groups in total. The van der Waals surface area contributed by atoms with Crippen molar-refractivity contribution in [2.24, 2.45) is 0 Å². The lowest BCUT2D eigenvalue weighted by Crippen LogP contribution is -2.11. The molecule has 3 aromatic rings. The number of anilines is 1. The third-order valence-corrected chi connectivity index (χ3v) is 4.53. The zero-order valence-corrected chi connectivity index (χ0v) is 12.4. The monoisotopic (exact) mass is 300 g/mol. The molecule has 0 aliphatic rings. The number of aromatic nitrogens is 1. The number of carbonyl (C=O) groups is 1. The van der Waals surface area contributed by atoms with Crippen LogP contribution in [-0.4, -0.2) is 10.9 Å². The van der Waals surface area contributed by atoms with Gasteiger partial charge in [-0.2, -0.15) is 0 Å². The van der Waals surface area contributed by atoms with Gasteiger partial charge in [-0.25, -0.2) is 4.98 Å². The van der Waals surface area contributed by atoms with Gasteiger partial charge < -0.3 is 0 Å². The fraction of sp³-hybridized carbons (Fsp3) is 0.0667. The molecule has 0 radical (unpaired) electrons. The van der Waals surface area contributed by atoms with Crippen LogP contribution in [0.25, 0.3) is 11.1 Å². The second-order valence-electron chi connectivity index (χ2n) is 4.24. The summed E-state index contributed by atoms with van der Waals surface area (Å²) < 4.78 is 0. The van der Waals surface area contributed by atoms with Crippen LogP contribution >= 0.6 is 22.7 Å². The number of amides is 1. The minimum Gasteiger partial charge on any atom is -0.298 e. The zero-order chi connectivity index (χ0) is 13.9. The van der Waals surface area contributed by atoms with Gasteiger partial charge in [0.05, 0.1) is 5.56 Å². The Morgan fingerprint density at radius 2 is 2.00 bits per heavy atom. The number of thiophene rings is 1. The van der Waals surface area contributed by atoms with Crippen molar-refractivity contribution < 1.29 is 4.79 Å². The molecule has 100 valence electrons. The maximum atomic E-state index is 12.4. The molecule has 0 aliphatic heterocycles. The number of hydrogen-bond acceptors (Lipinski definition) is 4. The van der Waals surface area contributed by atoms with Crippen molar-refractivity contribution in [3.8, 4) is 11.1 Å². The first kappa shape index (κ1) is 13.0. The van der Waals surface area contributed by atoms with Crippen LogP contribution in [0, 0.1) is 6.92 Å². The van der Waals surface area contributed by atoms with E-state index < -0.39 is 0 Å². The highest BCUT2D eigenvalue weighted by molar-refractivity contribution is 7.13. The van der Waals surface area contributed by atoms with Gasteiger partial charge in [-0.3, -0.25) is 10.1 Å². The van der Waals surface area contributed by atoms with Crippen molar-refractivity contribution >= 4 is 33.7 Å². The summed E-state index contributed by atoms with van der Waals surface area (Å²) in [7, 11) is 0. The fourth-order valence-corrected chi connectivity index (χ4v) is 3.42. The van der Waals surface area contributed by atoms with Crippen LogP contribution in [0.15, 0.2) is 47.3 Å².